The lowest BCUT2D eigenvalue weighted by atomic mass is 10.1. The molecule has 2 aliphatic rings. The second-order valence-corrected chi connectivity index (χ2v) is 5.63. The first-order chi connectivity index (χ1) is 8.10. The van der Waals surface area contributed by atoms with Gasteiger partial charge in [0.05, 0.1) is 21.2 Å². The van der Waals surface area contributed by atoms with Crippen LogP contribution >= 0.6 is 30.4 Å². The summed E-state index contributed by atoms with van der Waals surface area (Å²) < 4.78 is 10.8. The summed E-state index contributed by atoms with van der Waals surface area (Å²) >= 11 is 2.04. The van der Waals surface area contributed by atoms with Gasteiger partial charge in [0, 0.05) is 41.1 Å². The molecule has 1 saturated heterocycles. The van der Waals surface area contributed by atoms with Crippen molar-refractivity contribution in [3.05, 3.63) is 0 Å². The molecular formula is C10H14INO4S. The predicted octanol–water partition coefficient (Wildman–Crippen LogP) is 1.55. The molecule has 0 aromatic rings. The summed E-state index contributed by atoms with van der Waals surface area (Å²) in [5, 5.41) is 0. The fraction of sp³-hybridized carbons (Fsp3) is 0.800. The summed E-state index contributed by atoms with van der Waals surface area (Å²) in [5.74, 6) is -0.338. The van der Waals surface area contributed by atoms with Crippen molar-refractivity contribution in [2.24, 2.45) is 5.92 Å². The van der Waals surface area contributed by atoms with Crippen molar-refractivity contribution >= 4 is 42.3 Å². The van der Waals surface area contributed by atoms with Crippen LogP contribution in [0.4, 0.5) is 0 Å². The van der Waals surface area contributed by atoms with Crippen molar-refractivity contribution in [3.63, 3.8) is 0 Å². The van der Waals surface area contributed by atoms with Gasteiger partial charge < -0.3 is 9.64 Å². The SMILES string of the molecule is CCN1C(=O)C2CC(OC(C)=O)C1C2OSI. The van der Waals surface area contributed by atoms with E-state index in [1.54, 1.807) is 4.90 Å². The first-order valence-electron chi connectivity index (χ1n) is 5.52. The zero-order valence-corrected chi connectivity index (χ0v) is 12.6. The number of piperidine rings is 1. The summed E-state index contributed by atoms with van der Waals surface area (Å²) in [6.45, 7) is 3.95. The molecule has 0 N–H and O–H groups in total. The van der Waals surface area contributed by atoms with E-state index in [0.717, 1.165) is 0 Å². The molecule has 0 radical (unpaired) electrons. The van der Waals surface area contributed by atoms with E-state index in [0.29, 0.717) is 13.0 Å². The Morgan fingerprint density at radius 1 is 1.65 bits per heavy atom. The second kappa shape index (κ2) is 5.31. The summed E-state index contributed by atoms with van der Waals surface area (Å²) in [4.78, 5) is 24.8. The monoisotopic (exact) mass is 371 g/mol. The van der Waals surface area contributed by atoms with Crippen LogP contribution in [0.1, 0.15) is 20.3 Å². The molecular weight excluding hydrogens is 357 g/mol. The van der Waals surface area contributed by atoms with Crippen molar-refractivity contribution in [1.82, 2.24) is 4.90 Å². The fourth-order valence-corrected chi connectivity index (χ4v) is 3.87. The number of carbonyl (C=O) groups is 2. The van der Waals surface area contributed by atoms with E-state index in [1.807, 2.05) is 28.1 Å². The lowest BCUT2D eigenvalue weighted by Crippen LogP contribution is -2.47. The van der Waals surface area contributed by atoms with Crippen molar-refractivity contribution in [2.45, 2.75) is 38.5 Å². The van der Waals surface area contributed by atoms with Gasteiger partial charge in [-0.1, -0.05) is 0 Å². The van der Waals surface area contributed by atoms with E-state index in [9.17, 15) is 9.59 Å². The van der Waals surface area contributed by atoms with Crippen LogP contribution in [0.3, 0.4) is 0 Å². The van der Waals surface area contributed by atoms with Crippen molar-refractivity contribution < 1.29 is 18.5 Å². The van der Waals surface area contributed by atoms with Crippen LogP contribution in [0.25, 0.3) is 0 Å². The van der Waals surface area contributed by atoms with Gasteiger partial charge in [-0.15, -0.1) is 0 Å². The number of esters is 1. The maximum absolute atomic E-state index is 12.0. The van der Waals surface area contributed by atoms with Crippen LogP contribution in [0.2, 0.25) is 0 Å². The quantitative estimate of drug-likeness (QED) is 0.427. The second-order valence-electron chi connectivity index (χ2n) is 4.23. The Morgan fingerprint density at radius 3 is 2.88 bits per heavy atom. The Kier molecular flexibility index (Phi) is 4.19. The van der Waals surface area contributed by atoms with E-state index in [1.165, 1.54) is 16.1 Å². The van der Waals surface area contributed by atoms with Gasteiger partial charge in [0.1, 0.15) is 12.2 Å². The number of likely N-dealkylation sites (tertiary alicyclic amines) is 1. The number of nitrogens with zero attached hydrogens (tertiary/aromatic N) is 1. The lowest BCUT2D eigenvalue weighted by molar-refractivity contribution is -0.155. The molecule has 17 heavy (non-hydrogen) atoms. The fourth-order valence-electron chi connectivity index (χ4n) is 2.82. The minimum absolute atomic E-state index is 0.122. The van der Waals surface area contributed by atoms with Gasteiger partial charge in [-0.05, 0) is 6.92 Å². The largest absolute Gasteiger partial charge is 0.460 e. The Bertz CT molecular complexity index is 340. The van der Waals surface area contributed by atoms with Gasteiger partial charge in [-0.2, -0.15) is 0 Å². The highest BCUT2D eigenvalue weighted by Crippen LogP contribution is 2.44. The molecule has 1 aliphatic carbocycles. The van der Waals surface area contributed by atoms with Gasteiger partial charge in [0.25, 0.3) is 0 Å². The standard InChI is InChI=1S/C10H14INO4S/c1-3-12-8-7(15-5(2)13)4-6(10(12)14)9(8)16-17-11/h6-9H,3-4H2,1-2H3. The van der Waals surface area contributed by atoms with Crippen LogP contribution < -0.4 is 0 Å². The van der Waals surface area contributed by atoms with E-state index in [4.69, 9.17) is 8.92 Å². The number of ether oxygens (including phenoxy) is 1. The lowest BCUT2D eigenvalue weighted by Gasteiger charge is -2.31. The van der Waals surface area contributed by atoms with Crippen LogP contribution in [0.5, 0.6) is 0 Å². The third-order valence-corrected chi connectivity index (χ3v) is 4.28. The molecule has 0 spiro atoms. The van der Waals surface area contributed by atoms with Crippen LogP contribution in [-0.4, -0.2) is 41.6 Å². The van der Waals surface area contributed by atoms with Crippen molar-refractivity contribution in [3.8, 4) is 0 Å². The number of hydrogen-bond acceptors (Lipinski definition) is 5. The molecule has 96 valence electrons. The number of fused-ring (bicyclic) bond motifs is 2. The number of likely N-dealkylation sites (N-methyl/N-ethyl adjacent to an activating group) is 1. The minimum atomic E-state index is -0.299. The van der Waals surface area contributed by atoms with Gasteiger partial charge in [-0.25, -0.2) is 0 Å². The molecule has 0 aromatic carbocycles. The summed E-state index contributed by atoms with van der Waals surface area (Å²) in [6, 6.07) is -0.122. The van der Waals surface area contributed by atoms with Crippen LogP contribution in [0, 0.1) is 5.92 Å². The Balaban J connectivity index is 2.17. The highest BCUT2D eigenvalue weighted by molar-refractivity contribution is 14.2. The average molecular weight is 371 g/mol. The first kappa shape index (κ1) is 13.4. The molecule has 7 heteroatoms. The average Bonchev–Trinajstić information content (AvgIpc) is 2.70. The maximum Gasteiger partial charge on any atom is 0.302 e. The zero-order chi connectivity index (χ0) is 12.6. The third-order valence-electron chi connectivity index (χ3n) is 3.37. The van der Waals surface area contributed by atoms with Gasteiger partial charge in [0.15, 0.2) is 0 Å². The normalized spacial score (nSPS) is 35.5. The third kappa shape index (κ3) is 2.28. The van der Waals surface area contributed by atoms with Crippen LogP contribution in [-0.2, 0) is 18.5 Å². The molecule has 1 saturated carbocycles. The Labute approximate surface area is 116 Å². The topological polar surface area (TPSA) is 55.8 Å². The number of amides is 1. The first-order valence-corrected chi connectivity index (χ1v) is 8.80. The molecule has 4 unspecified atom stereocenters. The molecule has 4 atom stereocenters. The van der Waals surface area contributed by atoms with Crippen molar-refractivity contribution in [1.29, 1.82) is 0 Å². The van der Waals surface area contributed by atoms with E-state index in [-0.39, 0.29) is 36.0 Å². The smallest absolute Gasteiger partial charge is 0.302 e. The molecule has 0 aromatic heterocycles. The predicted molar refractivity (Wildman–Crippen MR) is 71.3 cm³/mol. The number of halogens is 1. The number of hydrogen-bond donors (Lipinski definition) is 0. The van der Waals surface area contributed by atoms with Crippen LogP contribution in [0.15, 0.2) is 0 Å². The molecule has 2 rings (SSSR count). The molecule has 1 heterocycles. The van der Waals surface area contributed by atoms with E-state index < -0.39 is 0 Å². The molecule has 2 bridgehead atoms. The highest BCUT2D eigenvalue weighted by atomic mass is 127. The summed E-state index contributed by atoms with van der Waals surface area (Å²) in [5.41, 5.74) is 0. The maximum atomic E-state index is 12.0. The Hall–Kier alpha value is -0.0200. The summed E-state index contributed by atoms with van der Waals surface area (Å²) in [6.07, 6.45) is 0.207. The molecule has 1 aliphatic heterocycles. The summed E-state index contributed by atoms with van der Waals surface area (Å²) in [7, 11) is 1.23. The van der Waals surface area contributed by atoms with Gasteiger partial charge >= 0.3 is 5.97 Å². The molecule has 1 amide bonds. The van der Waals surface area contributed by atoms with E-state index in [2.05, 4.69) is 0 Å². The Morgan fingerprint density at radius 2 is 2.35 bits per heavy atom. The molecule has 2 fully saturated rings. The van der Waals surface area contributed by atoms with Gasteiger partial charge in [-0.3, -0.25) is 13.8 Å². The zero-order valence-electron chi connectivity index (χ0n) is 9.59. The number of carbonyl (C=O) groups excluding carboxylic acids is 2. The molecule has 5 nitrogen and oxygen atoms in total. The minimum Gasteiger partial charge on any atom is -0.460 e. The van der Waals surface area contributed by atoms with E-state index >= 15 is 0 Å². The highest BCUT2D eigenvalue weighted by Gasteiger charge is 2.59. The van der Waals surface area contributed by atoms with Crippen molar-refractivity contribution in [2.75, 3.05) is 6.54 Å². The van der Waals surface area contributed by atoms with Gasteiger partial charge in [0.2, 0.25) is 5.91 Å². The number of rotatable bonds is 4.